The van der Waals surface area contributed by atoms with Crippen molar-refractivity contribution < 1.29 is 13.2 Å². The number of rotatable bonds is 2. The Bertz CT molecular complexity index is 317. The van der Waals surface area contributed by atoms with Crippen LogP contribution in [0.3, 0.4) is 0 Å². The van der Waals surface area contributed by atoms with E-state index in [9.17, 15) is 13.2 Å². The van der Waals surface area contributed by atoms with Gasteiger partial charge in [0.05, 0.1) is 4.47 Å². The van der Waals surface area contributed by atoms with E-state index in [2.05, 4.69) is 20.9 Å². The van der Waals surface area contributed by atoms with Crippen LogP contribution in [0.15, 0.2) is 10.7 Å². The van der Waals surface area contributed by atoms with Crippen LogP contribution in [0.4, 0.5) is 13.2 Å². The Labute approximate surface area is 81.1 Å². The van der Waals surface area contributed by atoms with E-state index in [1.54, 1.807) is 0 Å². The fourth-order valence-corrected chi connectivity index (χ4v) is 1.40. The van der Waals surface area contributed by atoms with E-state index in [1.165, 1.54) is 0 Å². The number of hydrogen-bond acceptors (Lipinski definition) is 2. The second-order valence-corrected chi connectivity index (χ2v) is 3.09. The second kappa shape index (κ2) is 4.06. The zero-order valence-corrected chi connectivity index (χ0v) is 7.98. The third-order valence-electron chi connectivity index (χ3n) is 1.55. The van der Waals surface area contributed by atoms with Gasteiger partial charge in [-0.1, -0.05) is 0 Å². The molecule has 0 unspecified atom stereocenters. The van der Waals surface area contributed by atoms with E-state index in [-0.39, 0.29) is 22.1 Å². The van der Waals surface area contributed by atoms with Gasteiger partial charge in [-0.25, -0.2) is 13.8 Å². The molecule has 0 aliphatic rings. The Balaban J connectivity index is 3.30. The number of aromatic nitrogens is 1. The molecule has 0 aliphatic carbocycles. The highest BCUT2D eigenvalue weighted by molar-refractivity contribution is 9.10. The van der Waals surface area contributed by atoms with Crippen LogP contribution in [-0.2, 0) is 6.54 Å². The summed E-state index contributed by atoms with van der Waals surface area (Å²) in [4.78, 5) is 3.16. The first-order valence-corrected chi connectivity index (χ1v) is 4.18. The molecule has 0 saturated carbocycles. The molecule has 0 spiro atoms. The topological polar surface area (TPSA) is 38.9 Å². The zero-order chi connectivity index (χ0) is 10.0. The van der Waals surface area contributed by atoms with Crippen molar-refractivity contribution in [1.82, 2.24) is 4.98 Å². The van der Waals surface area contributed by atoms with E-state index in [0.717, 1.165) is 6.20 Å². The van der Waals surface area contributed by atoms with Crippen molar-refractivity contribution in [3.05, 3.63) is 27.7 Å². The van der Waals surface area contributed by atoms with Crippen LogP contribution in [0.25, 0.3) is 0 Å². The van der Waals surface area contributed by atoms with Crippen molar-refractivity contribution in [2.45, 2.75) is 13.0 Å². The van der Waals surface area contributed by atoms with Gasteiger partial charge in [0.25, 0.3) is 6.43 Å². The molecule has 1 heterocycles. The number of hydrogen-bond donors (Lipinski definition) is 1. The smallest absolute Gasteiger partial charge is 0.265 e. The summed E-state index contributed by atoms with van der Waals surface area (Å²) in [6.45, 7) is -0.153. The number of nitrogens with two attached hydrogens (primary N) is 1. The van der Waals surface area contributed by atoms with Crippen molar-refractivity contribution in [2.75, 3.05) is 0 Å². The minimum Gasteiger partial charge on any atom is -0.326 e. The van der Waals surface area contributed by atoms with E-state index in [0.29, 0.717) is 0 Å². The Hall–Kier alpha value is -0.620. The first kappa shape index (κ1) is 10.5. The second-order valence-electron chi connectivity index (χ2n) is 2.30. The Morgan fingerprint density at radius 3 is 2.62 bits per heavy atom. The van der Waals surface area contributed by atoms with Crippen LogP contribution in [-0.4, -0.2) is 4.98 Å². The molecule has 0 atom stereocenters. The van der Waals surface area contributed by atoms with E-state index in [1.807, 2.05) is 0 Å². The number of pyridine rings is 1. The van der Waals surface area contributed by atoms with Crippen molar-refractivity contribution in [2.24, 2.45) is 5.73 Å². The lowest BCUT2D eigenvalue weighted by atomic mass is 10.1. The molecule has 0 saturated heterocycles. The van der Waals surface area contributed by atoms with Gasteiger partial charge in [0, 0.05) is 18.3 Å². The monoisotopic (exact) mass is 254 g/mol. The molecular formula is C7H6BrF3N2. The highest BCUT2D eigenvalue weighted by atomic mass is 79.9. The summed E-state index contributed by atoms with van der Waals surface area (Å²) >= 11 is 2.81. The van der Waals surface area contributed by atoms with Crippen molar-refractivity contribution in [3.8, 4) is 0 Å². The van der Waals surface area contributed by atoms with Gasteiger partial charge >= 0.3 is 0 Å². The Kier molecular flexibility index (Phi) is 3.27. The summed E-state index contributed by atoms with van der Waals surface area (Å²) in [5.74, 6) is -0.829. The first-order valence-electron chi connectivity index (χ1n) is 3.39. The van der Waals surface area contributed by atoms with Crippen LogP contribution < -0.4 is 5.73 Å². The number of alkyl halides is 2. The van der Waals surface area contributed by atoms with Gasteiger partial charge in [-0.05, 0) is 21.5 Å². The molecule has 2 N–H and O–H groups in total. The zero-order valence-electron chi connectivity index (χ0n) is 6.40. The van der Waals surface area contributed by atoms with Crippen molar-refractivity contribution in [3.63, 3.8) is 0 Å². The third-order valence-corrected chi connectivity index (χ3v) is 2.36. The molecule has 0 aliphatic heterocycles. The maximum absolute atomic E-state index is 12.8. The predicted octanol–water partition coefficient (Wildman–Crippen LogP) is 2.38. The normalized spacial score (nSPS) is 10.9. The average Bonchev–Trinajstić information content (AvgIpc) is 2.09. The molecular weight excluding hydrogens is 249 g/mol. The molecule has 0 amide bonds. The fraction of sp³-hybridized carbons (Fsp3) is 0.286. The average molecular weight is 255 g/mol. The van der Waals surface area contributed by atoms with Gasteiger partial charge in [-0.3, -0.25) is 0 Å². The van der Waals surface area contributed by atoms with E-state index >= 15 is 0 Å². The SMILES string of the molecule is NCc1c(C(F)F)cnc(F)c1Br. The van der Waals surface area contributed by atoms with E-state index < -0.39 is 12.4 Å². The maximum Gasteiger partial charge on any atom is 0.265 e. The Morgan fingerprint density at radius 2 is 2.15 bits per heavy atom. The Morgan fingerprint density at radius 1 is 1.54 bits per heavy atom. The van der Waals surface area contributed by atoms with Crippen LogP contribution in [0.2, 0.25) is 0 Å². The van der Waals surface area contributed by atoms with E-state index in [4.69, 9.17) is 5.73 Å². The quantitative estimate of drug-likeness (QED) is 0.824. The lowest BCUT2D eigenvalue weighted by Crippen LogP contribution is -2.06. The minimum atomic E-state index is -2.69. The highest BCUT2D eigenvalue weighted by Crippen LogP contribution is 2.28. The molecule has 0 radical (unpaired) electrons. The predicted molar refractivity (Wildman–Crippen MR) is 44.7 cm³/mol. The standard InChI is InChI=1S/C7H6BrF3N2/c8-5-3(1-12)4(6(9)10)2-13-7(5)11/h2,6H,1,12H2. The number of halogens is 4. The van der Waals surface area contributed by atoms with Gasteiger partial charge in [0.15, 0.2) is 0 Å². The molecule has 0 aromatic carbocycles. The summed E-state index contributed by atoms with van der Waals surface area (Å²) in [5.41, 5.74) is 4.92. The largest absolute Gasteiger partial charge is 0.326 e. The molecule has 6 heteroatoms. The molecule has 72 valence electrons. The molecule has 0 fully saturated rings. The third kappa shape index (κ3) is 2.00. The molecule has 2 nitrogen and oxygen atoms in total. The molecule has 1 aromatic rings. The molecule has 0 bridgehead atoms. The minimum absolute atomic E-state index is 0.0579. The van der Waals surface area contributed by atoms with Gasteiger partial charge < -0.3 is 5.73 Å². The summed E-state index contributed by atoms with van der Waals surface area (Å²) < 4.78 is 37.2. The van der Waals surface area contributed by atoms with Gasteiger partial charge in [0.2, 0.25) is 5.95 Å². The van der Waals surface area contributed by atoms with Crippen molar-refractivity contribution in [1.29, 1.82) is 0 Å². The van der Waals surface area contributed by atoms with Gasteiger partial charge in [0.1, 0.15) is 0 Å². The first-order chi connectivity index (χ1) is 6.07. The lowest BCUT2D eigenvalue weighted by Gasteiger charge is -2.08. The van der Waals surface area contributed by atoms with Gasteiger partial charge in [-0.15, -0.1) is 0 Å². The molecule has 13 heavy (non-hydrogen) atoms. The summed E-state index contributed by atoms with van der Waals surface area (Å²) in [7, 11) is 0. The molecule has 1 aromatic heterocycles. The van der Waals surface area contributed by atoms with Crippen LogP contribution >= 0.6 is 15.9 Å². The van der Waals surface area contributed by atoms with Crippen LogP contribution in [0.1, 0.15) is 17.6 Å². The fourth-order valence-electron chi connectivity index (χ4n) is 0.908. The molecule has 1 rings (SSSR count). The van der Waals surface area contributed by atoms with Crippen molar-refractivity contribution >= 4 is 15.9 Å². The maximum atomic E-state index is 12.8. The number of nitrogens with zero attached hydrogens (tertiary/aromatic N) is 1. The van der Waals surface area contributed by atoms with Crippen LogP contribution in [0.5, 0.6) is 0 Å². The summed E-state index contributed by atoms with van der Waals surface area (Å²) in [6.07, 6.45) is -1.89. The highest BCUT2D eigenvalue weighted by Gasteiger charge is 2.17. The van der Waals surface area contributed by atoms with Gasteiger partial charge in [-0.2, -0.15) is 4.39 Å². The summed E-state index contributed by atoms with van der Waals surface area (Å²) in [6, 6.07) is 0. The summed E-state index contributed by atoms with van der Waals surface area (Å²) in [5, 5.41) is 0. The van der Waals surface area contributed by atoms with Crippen LogP contribution in [0, 0.1) is 5.95 Å². The lowest BCUT2D eigenvalue weighted by molar-refractivity contribution is 0.149.